The van der Waals surface area contributed by atoms with Crippen molar-refractivity contribution in [1.82, 2.24) is 9.80 Å². The van der Waals surface area contributed by atoms with Crippen LogP contribution in [0.1, 0.15) is 5.56 Å². The predicted molar refractivity (Wildman–Crippen MR) is 117 cm³/mol. The summed E-state index contributed by atoms with van der Waals surface area (Å²) in [5, 5.41) is 2.94. The number of carbonyl (C=O) groups excluding carboxylic acids is 1. The van der Waals surface area contributed by atoms with Gasteiger partial charge in [-0.3, -0.25) is 14.6 Å². The molecule has 0 radical (unpaired) electrons. The number of nitrogens with one attached hydrogen (secondary N) is 1. The molecular weight excluding hydrogens is 366 g/mol. The van der Waals surface area contributed by atoms with Crippen LogP contribution in [-0.2, 0) is 4.79 Å². The fraction of sp³-hybridized carbons (Fsp3) is 0.348. The minimum atomic E-state index is -0.0362. The van der Waals surface area contributed by atoms with Gasteiger partial charge in [-0.05, 0) is 17.7 Å². The van der Waals surface area contributed by atoms with Crippen LogP contribution in [0.5, 0.6) is 11.5 Å². The average Bonchev–Trinajstić information content (AvgIpc) is 2.76. The number of anilines is 1. The molecule has 6 nitrogen and oxygen atoms in total. The first-order chi connectivity index (χ1) is 14.2. The zero-order valence-electron chi connectivity index (χ0n) is 17.1. The molecule has 1 fully saturated rings. The standard InChI is InChI=1S/C23H29N3O3/c1-28-20-10-11-21(22(17-20)29-2)24-23(27)18-26-15-13-25(14-16-26)12-6-9-19-7-4-3-5-8-19/h3-11,17H,12-16,18H2,1-2H3,(H,24,27). The van der Waals surface area contributed by atoms with Crippen LogP contribution in [0.2, 0.25) is 0 Å². The number of nitrogens with zero attached hydrogens (tertiary/aromatic N) is 2. The SMILES string of the molecule is COc1ccc(NC(=O)CN2CCN(CC=Cc3ccccc3)CC2)c(OC)c1. The van der Waals surface area contributed by atoms with Gasteiger partial charge in [-0.1, -0.05) is 42.5 Å². The van der Waals surface area contributed by atoms with Gasteiger partial charge in [-0.15, -0.1) is 0 Å². The number of methoxy groups -OCH3 is 2. The molecular formula is C23H29N3O3. The largest absolute Gasteiger partial charge is 0.497 e. The summed E-state index contributed by atoms with van der Waals surface area (Å²) in [5.41, 5.74) is 1.87. The maximum atomic E-state index is 12.4. The topological polar surface area (TPSA) is 54.0 Å². The molecule has 6 heteroatoms. The molecule has 1 aliphatic heterocycles. The molecule has 0 atom stereocenters. The molecule has 0 aliphatic carbocycles. The van der Waals surface area contributed by atoms with Crippen molar-refractivity contribution in [2.24, 2.45) is 0 Å². The highest BCUT2D eigenvalue weighted by Gasteiger charge is 2.19. The summed E-state index contributed by atoms with van der Waals surface area (Å²) < 4.78 is 10.5. The third-order valence-corrected chi connectivity index (χ3v) is 4.99. The molecule has 0 saturated carbocycles. The van der Waals surface area contributed by atoms with Gasteiger partial charge in [0.1, 0.15) is 11.5 Å². The van der Waals surface area contributed by atoms with E-state index in [-0.39, 0.29) is 5.91 Å². The van der Waals surface area contributed by atoms with Gasteiger partial charge >= 0.3 is 0 Å². The normalized spacial score (nSPS) is 15.4. The fourth-order valence-corrected chi connectivity index (χ4v) is 3.33. The minimum absolute atomic E-state index is 0.0362. The summed E-state index contributed by atoms with van der Waals surface area (Å²) in [7, 11) is 3.18. The van der Waals surface area contributed by atoms with E-state index in [9.17, 15) is 4.79 Å². The van der Waals surface area contributed by atoms with Gasteiger partial charge in [-0.25, -0.2) is 0 Å². The van der Waals surface area contributed by atoms with Gasteiger partial charge in [0.2, 0.25) is 5.91 Å². The van der Waals surface area contributed by atoms with E-state index in [4.69, 9.17) is 9.47 Å². The first kappa shape index (κ1) is 20.9. The highest BCUT2D eigenvalue weighted by molar-refractivity contribution is 5.93. The maximum absolute atomic E-state index is 12.4. The van der Waals surface area contributed by atoms with Gasteiger partial charge in [0.15, 0.2) is 0 Å². The first-order valence-electron chi connectivity index (χ1n) is 9.86. The number of carbonyl (C=O) groups is 1. The van der Waals surface area contributed by atoms with Crippen LogP contribution in [0.3, 0.4) is 0 Å². The first-order valence-corrected chi connectivity index (χ1v) is 9.86. The van der Waals surface area contributed by atoms with Crippen LogP contribution in [-0.4, -0.2) is 69.2 Å². The predicted octanol–water partition coefficient (Wildman–Crippen LogP) is 2.97. The zero-order chi connectivity index (χ0) is 20.5. The van der Waals surface area contributed by atoms with E-state index in [2.05, 4.69) is 39.4 Å². The van der Waals surface area contributed by atoms with Crippen molar-refractivity contribution in [2.75, 3.05) is 58.8 Å². The van der Waals surface area contributed by atoms with Gasteiger partial charge in [0.05, 0.1) is 26.5 Å². The second-order valence-corrected chi connectivity index (χ2v) is 7.00. The molecule has 1 saturated heterocycles. The number of ether oxygens (including phenoxy) is 2. The van der Waals surface area contributed by atoms with Crippen molar-refractivity contribution in [3.63, 3.8) is 0 Å². The molecule has 3 rings (SSSR count). The van der Waals surface area contributed by atoms with E-state index >= 15 is 0 Å². The molecule has 2 aromatic carbocycles. The summed E-state index contributed by atoms with van der Waals surface area (Å²) in [6, 6.07) is 15.7. The van der Waals surface area contributed by atoms with Gasteiger partial charge < -0.3 is 14.8 Å². The molecule has 154 valence electrons. The Hall–Kier alpha value is -2.83. The smallest absolute Gasteiger partial charge is 0.238 e. The number of amides is 1. The number of piperazine rings is 1. The molecule has 29 heavy (non-hydrogen) atoms. The highest BCUT2D eigenvalue weighted by Crippen LogP contribution is 2.28. The second-order valence-electron chi connectivity index (χ2n) is 7.00. The van der Waals surface area contributed by atoms with E-state index in [0.29, 0.717) is 23.7 Å². The van der Waals surface area contributed by atoms with Crippen LogP contribution in [0.4, 0.5) is 5.69 Å². The molecule has 1 amide bonds. The van der Waals surface area contributed by atoms with Gasteiger partial charge in [0, 0.05) is 38.8 Å². The second kappa shape index (κ2) is 10.6. The number of hydrogen-bond donors (Lipinski definition) is 1. The summed E-state index contributed by atoms with van der Waals surface area (Å²) in [4.78, 5) is 17.0. The molecule has 0 aromatic heterocycles. The van der Waals surface area contributed by atoms with Crippen molar-refractivity contribution < 1.29 is 14.3 Å². The Labute approximate surface area is 172 Å². The Morgan fingerprint density at radius 2 is 1.72 bits per heavy atom. The summed E-state index contributed by atoms with van der Waals surface area (Å²) >= 11 is 0. The van der Waals surface area contributed by atoms with E-state index in [1.807, 2.05) is 18.2 Å². The lowest BCUT2D eigenvalue weighted by atomic mass is 10.2. The fourth-order valence-electron chi connectivity index (χ4n) is 3.33. The summed E-state index contributed by atoms with van der Waals surface area (Å²) in [6.45, 7) is 4.98. The van der Waals surface area contributed by atoms with E-state index in [0.717, 1.165) is 32.7 Å². The van der Waals surface area contributed by atoms with Crippen molar-refractivity contribution in [3.8, 4) is 11.5 Å². The van der Waals surface area contributed by atoms with E-state index in [1.165, 1.54) is 5.56 Å². The lowest BCUT2D eigenvalue weighted by Crippen LogP contribution is -2.48. The van der Waals surface area contributed by atoms with E-state index in [1.54, 1.807) is 32.4 Å². The van der Waals surface area contributed by atoms with Crippen LogP contribution in [0, 0.1) is 0 Å². The lowest BCUT2D eigenvalue weighted by molar-refractivity contribution is -0.117. The Kier molecular flexibility index (Phi) is 7.67. The molecule has 0 bridgehead atoms. The van der Waals surface area contributed by atoms with Crippen molar-refractivity contribution in [2.45, 2.75) is 0 Å². The van der Waals surface area contributed by atoms with Crippen molar-refractivity contribution in [1.29, 1.82) is 0 Å². The number of benzene rings is 2. The third-order valence-electron chi connectivity index (χ3n) is 4.99. The van der Waals surface area contributed by atoms with Gasteiger partial charge in [0.25, 0.3) is 0 Å². The molecule has 1 heterocycles. The Balaban J connectivity index is 1.42. The molecule has 0 unspecified atom stereocenters. The number of rotatable bonds is 8. The molecule has 0 spiro atoms. The highest BCUT2D eigenvalue weighted by atomic mass is 16.5. The van der Waals surface area contributed by atoms with Crippen LogP contribution >= 0.6 is 0 Å². The third kappa shape index (κ3) is 6.34. The average molecular weight is 396 g/mol. The molecule has 1 aliphatic rings. The van der Waals surface area contributed by atoms with E-state index < -0.39 is 0 Å². The maximum Gasteiger partial charge on any atom is 0.238 e. The molecule has 2 aromatic rings. The Morgan fingerprint density at radius 1 is 1.00 bits per heavy atom. The monoisotopic (exact) mass is 395 g/mol. The quantitative estimate of drug-likeness (QED) is 0.745. The van der Waals surface area contributed by atoms with Crippen LogP contribution < -0.4 is 14.8 Å². The molecule has 1 N–H and O–H groups in total. The van der Waals surface area contributed by atoms with Gasteiger partial charge in [-0.2, -0.15) is 0 Å². The van der Waals surface area contributed by atoms with Crippen molar-refractivity contribution in [3.05, 3.63) is 60.2 Å². The Bertz CT molecular complexity index is 815. The zero-order valence-corrected chi connectivity index (χ0v) is 17.1. The number of hydrogen-bond acceptors (Lipinski definition) is 5. The van der Waals surface area contributed by atoms with Crippen molar-refractivity contribution >= 4 is 17.7 Å². The Morgan fingerprint density at radius 3 is 2.41 bits per heavy atom. The van der Waals surface area contributed by atoms with Crippen LogP contribution in [0.25, 0.3) is 6.08 Å². The summed E-state index contributed by atoms with van der Waals surface area (Å²) in [5.74, 6) is 1.25. The minimum Gasteiger partial charge on any atom is -0.497 e. The van der Waals surface area contributed by atoms with Crippen LogP contribution in [0.15, 0.2) is 54.6 Å². The summed E-state index contributed by atoms with van der Waals surface area (Å²) in [6.07, 6.45) is 4.36. The lowest BCUT2D eigenvalue weighted by Gasteiger charge is -2.33.